The molecule has 1 rings (SSSR count). The minimum Gasteiger partial charge on any atom is -0.392 e. The zero-order valence-electron chi connectivity index (χ0n) is 7.57. The van der Waals surface area contributed by atoms with E-state index in [1.807, 2.05) is 6.92 Å². The van der Waals surface area contributed by atoms with Gasteiger partial charge < -0.3 is 10.8 Å². The van der Waals surface area contributed by atoms with Crippen LogP contribution in [0.2, 0.25) is 5.02 Å². The summed E-state index contributed by atoms with van der Waals surface area (Å²) in [6.45, 7) is 2.83. The van der Waals surface area contributed by atoms with Gasteiger partial charge in [-0.25, -0.2) is 0 Å². The van der Waals surface area contributed by atoms with Crippen molar-refractivity contribution in [2.75, 3.05) is 6.54 Å². The van der Waals surface area contributed by atoms with Crippen LogP contribution in [0.1, 0.15) is 12.1 Å². The lowest BCUT2D eigenvalue weighted by Crippen LogP contribution is -2.21. The molecule has 0 bridgehead atoms. The molecule has 0 radical (unpaired) electrons. The third-order valence-electron chi connectivity index (χ3n) is 1.99. The summed E-state index contributed by atoms with van der Waals surface area (Å²) in [6, 6.07) is 0. The van der Waals surface area contributed by atoms with Crippen LogP contribution in [0, 0.1) is 6.92 Å². The van der Waals surface area contributed by atoms with Crippen molar-refractivity contribution >= 4 is 11.6 Å². The molecule has 0 aliphatic heterocycles. The summed E-state index contributed by atoms with van der Waals surface area (Å²) >= 11 is 5.81. The first-order valence-electron chi connectivity index (χ1n) is 4.21. The van der Waals surface area contributed by atoms with Gasteiger partial charge >= 0.3 is 0 Å². The molecule has 74 valence electrons. The highest BCUT2D eigenvalue weighted by molar-refractivity contribution is 6.31. The van der Waals surface area contributed by atoms with Gasteiger partial charge in [-0.05, 0) is 13.3 Å². The van der Waals surface area contributed by atoms with Gasteiger partial charge in [0.15, 0.2) is 0 Å². The predicted molar refractivity (Wildman–Crippen MR) is 51.7 cm³/mol. The smallest absolute Gasteiger partial charge is 0.0814 e. The Kier molecular flexibility index (Phi) is 3.71. The van der Waals surface area contributed by atoms with Crippen LogP contribution in [0.3, 0.4) is 0 Å². The third-order valence-corrected chi connectivity index (χ3v) is 2.36. The van der Waals surface area contributed by atoms with Crippen LogP contribution in [-0.4, -0.2) is 27.5 Å². The highest BCUT2D eigenvalue weighted by Gasteiger charge is 2.06. The molecular weight excluding hydrogens is 190 g/mol. The van der Waals surface area contributed by atoms with Crippen molar-refractivity contribution in [2.45, 2.75) is 26.0 Å². The molecule has 5 heteroatoms. The lowest BCUT2D eigenvalue weighted by atomic mass is 10.2. The lowest BCUT2D eigenvalue weighted by Gasteiger charge is -2.08. The van der Waals surface area contributed by atoms with Gasteiger partial charge in [0.1, 0.15) is 0 Å². The normalized spacial score (nSPS) is 13.2. The van der Waals surface area contributed by atoms with Crippen LogP contribution in [0.15, 0.2) is 6.20 Å². The number of hydrogen-bond donors (Lipinski definition) is 2. The number of nitrogens with zero attached hydrogens (tertiary/aromatic N) is 2. The highest BCUT2D eigenvalue weighted by atomic mass is 35.5. The summed E-state index contributed by atoms with van der Waals surface area (Å²) in [5.74, 6) is 0. The second kappa shape index (κ2) is 4.60. The van der Waals surface area contributed by atoms with Gasteiger partial charge in [-0.1, -0.05) is 11.6 Å². The molecule has 0 aromatic carbocycles. The number of aromatic nitrogens is 2. The van der Waals surface area contributed by atoms with Crippen LogP contribution < -0.4 is 5.73 Å². The maximum absolute atomic E-state index is 9.22. The number of rotatable bonds is 4. The van der Waals surface area contributed by atoms with Gasteiger partial charge in [-0.3, -0.25) is 4.68 Å². The van der Waals surface area contributed by atoms with E-state index in [2.05, 4.69) is 5.10 Å². The molecule has 0 amide bonds. The van der Waals surface area contributed by atoms with E-state index in [4.69, 9.17) is 17.3 Å². The molecule has 3 N–H and O–H groups in total. The van der Waals surface area contributed by atoms with Gasteiger partial charge in [-0.2, -0.15) is 5.10 Å². The van der Waals surface area contributed by atoms with Crippen molar-refractivity contribution in [2.24, 2.45) is 5.73 Å². The van der Waals surface area contributed by atoms with Crippen molar-refractivity contribution in [3.8, 4) is 0 Å². The fraction of sp³-hybridized carbons (Fsp3) is 0.625. The maximum Gasteiger partial charge on any atom is 0.0814 e. The first kappa shape index (κ1) is 10.5. The molecule has 1 heterocycles. The lowest BCUT2D eigenvalue weighted by molar-refractivity contribution is 0.164. The van der Waals surface area contributed by atoms with Gasteiger partial charge in [0.25, 0.3) is 0 Å². The Morgan fingerprint density at radius 3 is 2.92 bits per heavy atom. The molecule has 0 saturated carbocycles. The first-order valence-corrected chi connectivity index (χ1v) is 4.59. The Balaban J connectivity index is 2.50. The second-order valence-corrected chi connectivity index (χ2v) is 3.39. The molecule has 1 aromatic heterocycles. The molecule has 1 aromatic rings. The van der Waals surface area contributed by atoms with Crippen LogP contribution in [0.4, 0.5) is 0 Å². The van der Waals surface area contributed by atoms with Crippen LogP contribution in [0.25, 0.3) is 0 Å². The van der Waals surface area contributed by atoms with E-state index in [0.29, 0.717) is 18.0 Å². The van der Waals surface area contributed by atoms with E-state index in [9.17, 15) is 5.11 Å². The van der Waals surface area contributed by atoms with Crippen LogP contribution in [0.5, 0.6) is 0 Å². The summed E-state index contributed by atoms with van der Waals surface area (Å²) in [7, 11) is 0. The largest absolute Gasteiger partial charge is 0.392 e. The van der Waals surface area contributed by atoms with E-state index in [0.717, 1.165) is 5.69 Å². The standard InChI is InChI=1S/C8H14ClN3O/c1-6-8(9)5-11-12(6)3-2-7(13)4-10/h5,7,13H,2-4,10H2,1H3. The van der Waals surface area contributed by atoms with Crippen molar-refractivity contribution in [1.82, 2.24) is 9.78 Å². The van der Waals surface area contributed by atoms with E-state index >= 15 is 0 Å². The first-order chi connectivity index (χ1) is 6.15. The number of aryl methyl sites for hydroxylation is 1. The Hall–Kier alpha value is -0.580. The van der Waals surface area contributed by atoms with Crippen molar-refractivity contribution in [1.29, 1.82) is 0 Å². The zero-order valence-corrected chi connectivity index (χ0v) is 8.33. The SMILES string of the molecule is Cc1c(Cl)cnn1CCC(O)CN. The predicted octanol–water partition coefficient (Wildman–Crippen LogP) is 0.555. The average Bonchev–Trinajstić information content (AvgIpc) is 2.44. The van der Waals surface area contributed by atoms with E-state index in [1.54, 1.807) is 10.9 Å². The number of halogens is 1. The van der Waals surface area contributed by atoms with Gasteiger partial charge in [0.2, 0.25) is 0 Å². The van der Waals surface area contributed by atoms with Crippen molar-refractivity contribution < 1.29 is 5.11 Å². The molecule has 4 nitrogen and oxygen atoms in total. The van der Waals surface area contributed by atoms with Crippen molar-refractivity contribution in [3.05, 3.63) is 16.9 Å². The van der Waals surface area contributed by atoms with Crippen LogP contribution >= 0.6 is 11.6 Å². The Morgan fingerprint density at radius 2 is 2.46 bits per heavy atom. The monoisotopic (exact) mass is 203 g/mol. The molecule has 0 aliphatic rings. The molecule has 1 atom stereocenters. The summed E-state index contributed by atoms with van der Waals surface area (Å²) in [4.78, 5) is 0. The van der Waals surface area contributed by atoms with E-state index in [1.165, 1.54) is 0 Å². The zero-order chi connectivity index (χ0) is 9.84. The minimum absolute atomic E-state index is 0.286. The fourth-order valence-electron chi connectivity index (χ4n) is 1.04. The topological polar surface area (TPSA) is 64.1 Å². The molecule has 0 fully saturated rings. The third kappa shape index (κ3) is 2.69. The van der Waals surface area contributed by atoms with E-state index in [-0.39, 0.29) is 6.54 Å². The molecular formula is C8H14ClN3O. The Morgan fingerprint density at radius 1 is 1.77 bits per heavy atom. The molecule has 0 saturated heterocycles. The van der Waals surface area contributed by atoms with Gasteiger partial charge in [0.05, 0.1) is 23.0 Å². The second-order valence-electron chi connectivity index (χ2n) is 2.98. The van der Waals surface area contributed by atoms with Gasteiger partial charge in [0, 0.05) is 13.1 Å². The number of aliphatic hydroxyl groups is 1. The number of nitrogens with two attached hydrogens (primary N) is 1. The molecule has 0 aliphatic carbocycles. The summed E-state index contributed by atoms with van der Waals surface area (Å²) < 4.78 is 1.77. The Bertz CT molecular complexity index is 274. The fourth-order valence-corrected chi connectivity index (χ4v) is 1.18. The van der Waals surface area contributed by atoms with Crippen molar-refractivity contribution in [3.63, 3.8) is 0 Å². The quantitative estimate of drug-likeness (QED) is 0.752. The maximum atomic E-state index is 9.22. The highest BCUT2D eigenvalue weighted by Crippen LogP contribution is 2.13. The summed E-state index contributed by atoms with van der Waals surface area (Å²) in [6.07, 6.45) is 1.75. The van der Waals surface area contributed by atoms with Crippen LogP contribution in [-0.2, 0) is 6.54 Å². The molecule has 13 heavy (non-hydrogen) atoms. The molecule has 0 spiro atoms. The number of hydrogen-bond acceptors (Lipinski definition) is 3. The van der Waals surface area contributed by atoms with E-state index < -0.39 is 6.10 Å². The molecule has 1 unspecified atom stereocenters. The summed E-state index contributed by atoms with van der Waals surface area (Å²) in [5, 5.41) is 13.9. The summed E-state index contributed by atoms with van der Waals surface area (Å²) in [5.41, 5.74) is 6.20. The average molecular weight is 204 g/mol. The minimum atomic E-state index is -0.456. The number of aliphatic hydroxyl groups excluding tert-OH is 1. The Labute approximate surface area is 82.3 Å². The van der Waals surface area contributed by atoms with Gasteiger partial charge in [-0.15, -0.1) is 0 Å².